The number of nitrogens with one attached hydrogen (secondary N) is 3. The zero-order valence-corrected chi connectivity index (χ0v) is 30.1. The summed E-state index contributed by atoms with van der Waals surface area (Å²) in [5.74, 6) is -0.715. The van der Waals surface area contributed by atoms with E-state index >= 15 is 0 Å². The van der Waals surface area contributed by atoms with Gasteiger partial charge in [-0.05, 0) is 68.4 Å². The second-order valence-corrected chi connectivity index (χ2v) is 14.0. The number of alkyl carbamates (subject to hydrolysis) is 1. The van der Waals surface area contributed by atoms with Gasteiger partial charge in [0.25, 0.3) is 11.8 Å². The number of amides is 3. The van der Waals surface area contributed by atoms with E-state index in [4.69, 9.17) is 14.2 Å². The van der Waals surface area contributed by atoms with Crippen molar-refractivity contribution in [1.29, 1.82) is 0 Å². The van der Waals surface area contributed by atoms with Crippen LogP contribution in [0.1, 0.15) is 66.1 Å². The Balaban J connectivity index is 1.42. The number of allylic oxidation sites excluding steroid dienone is 1. The molecule has 13 nitrogen and oxygen atoms in total. The third kappa shape index (κ3) is 10.7. The Labute approximate surface area is 308 Å². The van der Waals surface area contributed by atoms with Gasteiger partial charge in [0.15, 0.2) is 5.82 Å². The third-order valence-corrected chi connectivity index (χ3v) is 9.61. The largest absolute Gasteiger partial charge is 0.481 e. The lowest BCUT2D eigenvalue weighted by atomic mass is 10.0. The third-order valence-electron chi connectivity index (χ3n) is 8.29. The summed E-state index contributed by atoms with van der Waals surface area (Å²) in [5, 5.41) is 5.41. The zero-order chi connectivity index (χ0) is 37.8. The van der Waals surface area contributed by atoms with E-state index in [0.717, 1.165) is 31.2 Å². The van der Waals surface area contributed by atoms with Gasteiger partial charge in [-0.25, -0.2) is 17.9 Å². The van der Waals surface area contributed by atoms with E-state index in [9.17, 15) is 22.8 Å². The molecule has 3 N–H and O–H groups in total. The van der Waals surface area contributed by atoms with E-state index in [1.165, 1.54) is 37.4 Å². The average Bonchev–Trinajstić information content (AvgIpc) is 3.67. The minimum atomic E-state index is -3.89. The molecule has 3 aromatic carbocycles. The number of rotatable bonds is 16. The van der Waals surface area contributed by atoms with Crippen LogP contribution in [0.4, 0.5) is 10.5 Å². The van der Waals surface area contributed by atoms with Gasteiger partial charge in [0.05, 0.1) is 18.9 Å². The maximum Gasteiger partial charge on any atom is 0.408 e. The fourth-order valence-corrected chi connectivity index (χ4v) is 6.66. The fraction of sp³-hybridized carbons (Fsp3) is 0.256. The number of ether oxygens (including phenoxy) is 3. The highest BCUT2D eigenvalue weighted by atomic mass is 32.2. The molecule has 1 aliphatic carbocycles. The van der Waals surface area contributed by atoms with Gasteiger partial charge in [-0.2, -0.15) is 9.97 Å². The Morgan fingerprint density at radius 2 is 1.70 bits per heavy atom. The fourth-order valence-electron chi connectivity index (χ4n) is 5.61. The van der Waals surface area contributed by atoms with Crippen LogP contribution in [0.3, 0.4) is 0 Å². The van der Waals surface area contributed by atoms with E-state index in [-0.39, 0.29) is 40.6 Å². The number of hydrogen-bond donors (Lipinski definition) is 3. The zero-order valence-electron chi connectivity index (χ0n) is 29.2. The van der Waals surface area contributed by atoms with Crippen molar-refractivity contribution in [2.24, 2.45) is 0 Å². The summed E-state index contributed by atoms with van der Waals surface area (Å²) in [6.45, 7) is 7.46. The summed E-state index contributed by atoms with van der Waals surface area (Å²) in [5.41, 5.74) is 1.82. The molecule has 1 aliphatic rings. The van der Waals surface area contributed by atoms with Crippen molar-refractivity contribution in [3.63, 3.8) is 0 Å². The van der Waals surface area contributed by atoms with Crippen molar-refractivity contribution in [2.75, 3.05) is 18.2 Å². The number of benzene rings is 3. The van der Waals surface area contributed by atoms with Crippen molar-refractivity contribution in [3.05, 3.63) is 115 Å². The van der Waals surface area contributed by atoms with Crippen molar-refractivity contribution in [2.45, 2.75) is 50.7 Å². The number of carbonyl (C=O) groups is 3. The summed E-state index contributed by atoms with van der Waals surface area (Å²) >= 11 is 0. The van der Waals surface area contributed by atoms with Crippen LogP contribution < -0.4 is 24.8 Å². The predicted molar refractivity (Wildman–Crippen MR) is 201 cm³/mol. The summed E-state index contributed by atoms with van der Waals surface area (Å²) in [6, 6.07) is 20.2. The van der Waals surface area contributed by atoms with Gasteiger partial charge < -0.3 is 24.8 Å². The van der Waals surface area contributed by atoms with E-state index in [1.807, 2.05) is 30.3 Å². The number of aromatic nitrogens is 2. The molecule has 53 heavy (non-hydrogen) atoms. The first-order valence-electron chi connectivity index (χ1n) is 17.0. The van der Waals surface area contributed by atoms with Gasteiger partial charge in [-0.1, -0.05) is 67.3 Å². The van der Waals surface area contributed by atoms with Gasteiger partial charge in [0.2, 0.25) is 21.8 Å². The molecule has 1 aromatic heterocycles. The molecule has 5 rings (SSSR count). The maximum absolute atomic E-state index is 14.0. The molecule has 1 fully saturated rings. The van der Waals surface area contributed by atoms with Crippen LogP contribution in [-0.2, 0) is 19.6 Å². The molecule has 1 heterocycles. The summed E-state index contributed by atoms with van der Waals surface area (Å²) in [6.07, 6.45) is 6.23. The molecule has 14 heteroatoms. The Hall–Kier alpha value is -6.02. The quantitative estimate of drug-likeness (QED) is 0.0805. The molecule has 3 amide bonds. The number of unbranched alkanes of at least 4 members (excludes halogenated alkanes) is 1. The van der Waals surface area contributed by atoms with E-state index in [2.05, 4.69) is 38.5 Å². The highest BCUT2D eigenvalue weighted by Gasteiger charge is 2.28. The average molecular weight is 740 g/mol. The number of sulfonamides is 1. The number of hydrogen-bond acceptors (Lipinski definition) is 10. The van der Waals surface area contributed by atoms with Crippen molar-refractivity contribution in [3.8, 4) is 28.9 Å². The molecule has 276 valence electrons. The SMILES string of the molecule is C=CCCCS(=O)(=O)NC(=O)c1cccc(NC(=O)C(NC(=O)OC2CCCC2)c2ccc(C=C)c(Oc3cc(OC)nc(-c4ccccc4)n3)c2)c1. The minimum absolute atomic E-state index is 0.00132. The van der Waals surface area contributed by atoms with Crippen LogP contribution >= 0.6 is 0 Å². The molecule has 0 spiro atoms. The van der Waals surface area contributed by atoms with Gasteiger partial charge in [0, 0.05) is 22.4 Å². The molecular weight excluding hydrogens is 699 g/mol. The molecule has 0 aliphatic heterocycles. The highest BCUT2D eigenvalue weighted by Crippen LogP contribution is 2.32. The topological polar surface area (TPSA) is 175 Å². The van der Waals surface area contributed by atoms with Crippen LogP contribution in [0.2, 0.25) is 0 Å². The molecule has 0 bridgehead atoms. The van der Waals surface area contributed by atoms with Crippen LogP contribution in [-0.4, -0.2) is 55.3 Å². The Morgan fingerprint density at radius 3 is 2.42 bits per heavy atom. The lowest BCUT2D eigenvalue weighted by Gasteiger charge is -2.21. The van der Waals surface area contributed by atoms with Crippen molar-refractivity contribution >= 4 is 39.7 Å². The first kappa shape index (κ1) is 38.2. The van der Waals surface area contributed by atoms with Crippen LogP contribution in [0.25, 0.3) is 17.5 Å². The highest BCUT2D eigenvalue weighted by molar-refractivity contribution is 7.90. The van der Waals surface area contributed by atoms with Gasteiger partial charge in [-0.3, -0.25) is 9.59 Å². The maximum atomic E-state index is 14.0. The Bertz CT molecular complexity index is 2070. The summed E-state index contributed by atoms with van der Waals surface area (Å²) < 4.78 is 44.1. The second-order valence-electron chi connectivity index (χ2n) is 12.2. The van der Waals surface area contributed by atoms with E-state index < -0.39 is 34.0 Å². The molecular formula is C39H41N5O8S. The molecule has 4 aromatic rings. The first-order valence-corrected chi connectivity index (χ1v) is 18.7. The van der Waals surface area contributed by atoms with Crippen LogP contribution in [0, 0.1) is 0 Å². The monoisotopic (exact) mass is 739 g/mol. The lowest BCUT2D eigenvalue weighted by Crippen LogP contribution is -2.38. The lowest BCUT2D eigenvalue weighted by molar-refractivity contribution is -0.118. The van der Waals surface area contributed by atoms with E-state index in [0.29, 0.717) is 29.8 Å². The molecule has 0 saturated heterocycles. The molecule has 0 radical (unpaired) electrons. The minimum Gasteiger partial charge on any atom is -0.481 e. The molecule has 1 atom stereocenters. The van der Waals surface area contributed by atoms with Crippen LogP contribution in [0.5, 0.6) is 17.5 Å². The van der Waals surface area contributed by atoms with Crippen molar-refractivity contribution < 1.29 is 37.0 Å². The molecule has 1 saturated carbocycles. The molecule has 1 unspecified atom stereocenters. The second kappa shape index (κ2) is 18.0. The normalized spacial score (nSPS) is 13.3. The summed E-state index contributed by atoms with van der Waals surface area (Å²) in [4.78, 5) is 49.0. The number of methoxy groups -OCH3 is 1. The predicted octanol–water partition coefficient (Wildman–Crippen LogP) is 6.96. The standard InChI is InChI=1S/C39H41N5O8S/c1-4-6-12-22-53(48,49)44-37(45)29-16-13-17-30(23-29)40-38(46)35(43-39(47)51-31-18-10-11-19-31)28-21-20-26(5-2)32(24-28)52-34-25-33(50-3)41-36(42-34)27-14-8-7-9-15-27/h4-5,7-9,13-17,20-21,23-25,31,35H,1-2,6,10-12,18-19,22H2,3H3,(H,40,46)(H,43,47)(H,44,45). The van der Waals surface area contributed by atoms with Crippen LogP contribution in [0.15, 0.2) is 98.1 Å². The summed E-state index contributed by atoms with van der Waals surface area (Å²) in [7, 11) is -2.42. The Morgan fingerprint density at radius 1 is 0.943 bits per heavy atom. The Kier molecular flexibility index (Phi) is 12.9. The number of anilines is 1. The van der Waals surface area contributed by atoms with Gasteiger partial charge >= 0.3 is 6.09 Å². The number of carbonyl (C=O) groups excluding carboxylic acids is 3. The van der Waals surface area contributed by atoms with E-state index in [1.54, 1.807) is 30.4 Å². The van der Waals surface area contributed by atoms with Crippen molar-refractivity contribution in [1.82, 2.24) is 20.0 Å². The van der Waals surface area contributed by atoms with Gasteiger partial charge in [-0.15, -0.1) is 6.58 Å². The number of nitrogens with zero attached hydrogens (tertiary/aromatic N) is 2. The smallest absolute Gasteiger partial charge is 0.408 e. The first-order chi connectivity index (χ1) is 25.6. The van der Waals surface area contributed by atoms with Gasteiger partial charge in [0.1, 0.15) is 17.9 Å².